The fourth-order valence-electron chi connectivity index (χ4n) is 2.79. The molecule has 0 unspecified atom stereocenters. The second-order valence-electron chi connectivity index (χ2n) is 5.97. The van der Waals surface area contributed by atoms with Crippen LogP contribution in [-0.2, 0) is 6.54 Å². The molecule has 0 atom stereocenters. The minimum Gasteiger partial charge on any atom is -0.465 e. The zero-order chi connectivity index (χ0) is 17.6. The van der Waals surface area contributed by atoms with E-state index in [4.69, 9.17) is 16.0 Å². The standard InChI is InChI=1S/C19H15ClN2O2S/c1-10-3-6-15-13(7-10)17-14(18(20)22-15)8-16(25-17)19(23)21-9-12-5-4-11(2)24-12/h3-8H,9H2,1-2H3,(H,21,23). The van der Waals surface area contributed by atoms with Crippen LogP contribution in [0.25, 0.3) is 21.0 Å². The predicted octanol–water partition coefficient (Wildman–Crippen LogP) is 5.24. The Kier molecular flexibility index (Phi) is 3.98. The van der Waals surface area contributed by atoms with Crippen molar-refractivity contribution in [3.63, 3.8) is 0 Å². The van der Waals surface area contributed by atoms with Gasteiger partial charge in [-0.05, 0) is 44.2 Å². The SMILES string of the molecule is Cc1ccc2nc(Cl)c3cc(C(=O)NCc4ccc(C)o4)sc3c2c1. The van der Waals surface area contributed by atoms with E-state index in [1.165, 1.54) is 11.3 Å². The minimum absolute atomic E-state index is 0.146. The molecular weight excluding hydrogens is 356 g/mol. The highest BCUT2D eigenvalue weighted by molar-refractivity contribution is 7.21. The molecule has 1 N–H and O–H groups in total. The Labute approximate surface area is 153 Å². The van der Waals surface area contributed by atoms with Crippen LogP contribution in [0.15, 0.2) is 40.8 Å². The van der Waals surface area contributed by atoms with Crippen LogP contribution in [0.3, 0.4) is 0 Å². The maximum absolute atomic E-state index is 12.5. The van der Waals surface area contributed by atoms with E-state index in [-0.39, 0.29) is 5.91 Å². The van der Waals surface area contributed by atoms with Crippen LogP contribution >= 0.6 is 22.9 Å². The van der Waals surface area contributed by atoms with Gasteiger partial charge in [0.1, 0.15) is 16.7 Å². The first-order chi connectivity index (χ1) is 12.0. The second-order valence-corrected chi connectivity index (χ2v) is 7.38. The number of furan rings is 1. The van der Waals surface area contributed by atoms with Crippen LogP contribution < -0.4 is 5.32 Å². The number of rotatable bonds is 3. The average Bonchev–Trinajstić information content (AvgIpc) is 3.20. The maximum atomic E-state index is 12.5. The molecule has 0 fully saturated rings. The zero-order valence-electron chi connectivity index (χ0n) is 13.7. The molecule has 1 aromatic carbocycles. The largest absolute Gasteiger partial charge is 0.465 e. The van der Waals surface area contributed by atoms with Gasteiger partial charge in [0.05, 0.1) is 16.9 Å². The lowest BCUT2D eigenvalue weighted by Gasteiger charge is -2.02. The highest BCUT2D eigenvalue weighted by Crippen LogP contribution is 2.36. The third kappa shape index (κ3) is 3.01. The summed E-state index contributed by atoms with van der Waals surface area (Å²) in [7, 11) is 0. The summed E-state index contributed by atoms with van der Waals surface area (Å²) in [5, 5.41) is 5.13. The van der Waals surface area contributed by atoms with E-state index in [1.807, 2.05) is 38.1 Å². The Hall–Kier alpha value is -2.37. The number of hydrogen-bond donors (Lipinski definition) is 1. The lowest BCUT2D eigenvalue weighted by Crippen LogP contribution is -2.21. The summed E-state index contributed by atoms with van der Waals surface area (Å²) in [5.74, 6) is 1.41. The monoisotopic (exact) mass is 370 g/mol. The van der Waals surface area contributed by atoms with Crippen molar-refractivity contribution in [2.75, 3.05) is 0 Å². The fraction of sp³-hybridized carbons (Fsp3) is 0.158. The Balaban J connectivity index is 1.70. The Morgan fingerprint density at radius 1 is 1.20 bits per heavy atom. The molecule has 0 radical (unpaired) electrons. The summed E-state index contributed by atoms with van der Waals surface area (Å²) in [4.78, 5) is 17.5. The van der Waals surface area contributed by atoms with Crippen LogP contribution in [0.2, 0.25) is 5.15 Å². The third-order valence-corrected chi connectivity index (χ3v) is 5.47. The molecule has 6 heteroatoms. The summed E-state index contributed by atoms with van der Waals surface area (Å²) in [5.41, 5.74) is 1.98. The van der Waals surface area contributed by atoms with Gasteiger partial charge in [0, 0.05) is 15.5 Å². The lowest BCUT2D eigenvalue weighted by molar-refractivity contribution is 0.0952. The van der Waals surface area contributed by atoms with Crippen molar-refractivity contribution >= 4 is 49.8 Å². The molecule has 25 heavy (non-hydrogen) atoms. The molecule has 0 spiro atoms. The smallest absolute Gasteiger partial charge is 0.261 e. The van der Waals surface area contributed by atoms with Gasteiger partial charge in [-0.2, -0.15) is 0 Å². The number of hydrogen-bond acceptors (Lipinski definition) is 4. The fourth-order valence-corrected chi connectivity index (χ4v) is 4.18. The van der Waals surface area contributed by atoms with Crippen molar-refractivity contribution in [3.05, 3.63) is 63.5 Å². The van der Waals surface area contributed by atoms with Gasteiger partial charge < -0.3 is 9.73 Å². The van der Waals surface area contributed by atoms with Gasteiger partial charge in [0.25, 0.3) is 5.91 Å². The Morgan fingerprint density at radius 2 is 2.04 bits per heavy atom. The molecule has 3 aromatic heterocycles. The number of carbonyl (C=O) groups is 1. The lowest BCUT2D eigenvalue weighted by atomic mass is 10.1. The molecule has 0 aliphatic heterocycles. The normalized spacial score (nSPS) is 11.3. The molecule has 0 saturated heterocycles. The number of nitrogens with zero attached hydrogens (tertiary/aromatic N) is 1. The van der Waals surface area contributed by atoms with E-state index in [0.717, 1.165) is 38.1 Å². The molecule has 3 heterocycles. The van der Waals surface area contributed by atoms with Crippen molar-refractivity contribution in [1.29, 1.82) is 0 Å². The van der Waals surface area contributed by atoms with E-state index in [1.54, 1.807) is 6.07 Å². The van der Waals surface area contributed by atoms with Crippen LogP contribution in [0.5, 0.6) is 0 Å². The molecule has 0 aliphatic carbocycles. The summed E-state index contributed by atoms with van der Waals surface area (Å²) in [6, 6.07) is 11.6. The molecule has 4 aromatic rings. The van der Waals surface area contributed by atoms with Crippen molar-refractivity contribution in [2.45, 2.75) is 20.4 Å². The third-order valence-electron chi connectivity index (χ3n) is 4.01. The molecule has 126 valence electrons. The summed E-state index contributed by atoms with van der Waals surface area (Å²) in [6.07, 6.45) is 0. The summed E-state index contributed by atoms with van der Waals surface area (Å²) < 4.78 is 6.46. The first kappa shape index (κ1) is 16.1. The first-order valence-electron chi connectivity index (χ1n) is 7.84. The van der Waals surface area contributed by atoms with Gasteiger partial charge in [-0.15, -0.1) is 11.3 Å². The number of thiophene rings is 1. The average molecular weight is 371 g/mol. The molecule has 0 bridgehead atoms. The highest BCUT2D eigenvalue weighted by Gasteiger charge is 2.16. The van der Waals surface area contributed by atoms with E-state index in [9.17, 15) is 4.79 Å². The number of amides is 1. The van der Waals surface area contributed by atoms with E-state index in [2.05, 4.69) is 16.4 Å². The topological polar surface area (TPSA) is 55.1 Å². The van der Waals surface area contributed by atoms with Crippen molar-refractivity contribution < 1.29 is 9.21 Å². The predicted molar refractivity (Wildman–Crippen MR) is 101 cm³/mol. The van der Waals surface area contributed by atoms with Crippen molar-refractivity contribution in [3.8, 4) is 0 Å². The van der Waals surface area contributed by atoms with Crippen molar-refractivity contribution in [2.24, 2.45) is 0 Å². The Morgan fingerprint density at radius 3 is 2.80 bits per heavy atom. The highest BCUT2D eigenvalue weighted by atomic mass is 35.5. The molecular formula is C19H15ClN2O2S. The van der Waals surface area contributed by atoms with E-state index < -0.39 is 0 Å². The van der Waals surface area contributed by atoms with E-state index in [0.29, 0.717) is 16.6 Å². The maximum Gasteiger partial charge on any atom is 0.261 e. The molecule has 1 amide bonds. The van der Waals surface area contributed by atoms with Crippen LogP contribution in [-0.4, -0.2) is 10.9 Å². The first-order valence-corrected chi connectivity index (χ1v) is 9.03. The zero-order valence-corrected chi connectivity index (χ0v) is 15.3. The van der Waals surface area contributed by atoms with Gasteiger partial charge in [-0.3, -0.25) is 4.79 Å². The molecule has 0 aliphatic rings. The van der Waals surface area contributed by atoms with Gasteiger partial charge in [0.15, 0.2) is 0 Å². The number of carbonyl (C=O) groups excluding carboxylic acids is 1. The number of nitrogens with one attached hydrogen (secondary N) is 1. The number of fused-ring (bicyclic) bond motifs is 3. The van der Waals surface area contributed by atoms with Gasteiger partial charge in [0.2, 0.25) is 0 Å². The summed E-state index contributed by atoms with van der Waals surface area (Å²) in [6.45, 7) is 4.26. The molecule has 0 saturated carbocycles. The van der Waals surface area contributed by atoms with Gasteiger partial charge in [-0.1, -0.05) is 23.2 Å². The molecule has 4 nitrogen and oxygen atoms in total. The molecule has 4 rings (SSSR count). The number of halogens is 1. The number of benzene rings is 1. The number of aryl methyl sites for hydroxylation is 2. The number of pyridine rings is 1. The van der Waals surface area contributed by atoms with Crippen LogP contribution in [0.4, 0.5) is 0 Å². The summed E-state index contributed by atoms with van der Waals surface area (Å²) >= 11 is 7.75. The van der Waals surface area contributed by atoms with Crippen LogP contribution in [0, 0.1) is 13.8 Å². The van der Waals surface area contributed by atoms with Gasteiger partial charge >= 0.3 is 0 Å². The van der Waals surface area contributed by atoms with Crippen LogP contribution in [0.1, 0.15) is 26.8 Å². The minimum atomic E-state index is -0.146. The second kappa shape index (κ2) is 6.17. The van der Waals surface area contributed by atoms with Crippen molar-refractivity contribution in [1.82, 2.24) is 10.3 Å². The quantitative estimate of drug-likeness (QED) is 0.501. The Bertz CT molecular complexity index is 1110. The number of aromatic nitrogens is 1. The van der Waals surface area contributed by atoms with E-state index >= 15 is 0 Å². The van der Waals surface area contributed by atoms with Gasteiger partial charge in [-0.25, -0.2) is 4.98 Å².